The van der Waals surface area contributed by atoms with Crippen molar-refractivity contribution in [2.24, 2.45) is 5.73 Å². The number of nitrogens with two attached hydrogens (primary N) is 1. The Labute approximate surface area is 113 Å². The van der Waals surface area contributed by atoms with Crippen LogP contribution < -0.4 is 16.4 Å². The topological polar surface area (TPSA) is 53.3 Å². The van der Waals surface area contributed by atoms with Gasteiger partial charge >= 0.3 is 0 Å². The second kappa shape index (κ2) is 6.33. The molecule has 0 spiro atoms. The second-order valence-corrected chi connectivity index (χ2v) is 7.04. The van der Waals surface area contributed by atoms with Gasteiger partial charge in [-0.15, -0.1) is 0 Å². The molecular formula is C14H32N4. The van der Waals surface area contributed by atoms with Gasteiger partial charge in [0, 0.05) is 43.3 Å². The Balaban J connectivity index is 2.33. The van der Waals surface area contributed by atoms with E-state index in [1.54, 1.807) is 0 Å². The zero-order chi connectivity index (χ0) is 13.8. The molecule has 0 aromatic rings. The largest absolute Gasteiger partial charge is 0.329 e. The first-order valence-electron chi connectivity index (χ1n) is 7.15. The summed E-state index contributed by atoms with van der Waals surface area (Å²) in [7, 11) is 2.13. The summed E-state index contributed by atoms with van der Waals surface area (Å²) in [5, 5.41) is 7.41. The van der Waals surface area contributed by atoms with Crippen molar-refractivity contribution in [3.05, 3.63) is 0 Å². The Morgan fingerprint density at radius 1 is 1.17 bits per heavy atom. The Bertz CT molecular complexity index is 234. The predicted octanol–water partition coefficient (Wildman–Crippen LogP) is 0.776. The number of likely N-dealkylation sites (N-methyl/N-ethyl adjacent to an activating group) is 1. The number of hydrogen-bond donors (Lipinski definition) is 3. The molecule has 108 valence electrons. The third-order valence-corrected chi connectivity index (χ3v) is 3.63. The van der Waals surface area contributed by atoms with Crippen molar-refractivity contribution >= 4 is 0 Å². The summed E-state index contributed by atoms with van der Waals surface area (Å²) in [5.41, 5.74) is 5.99. The van der Waals surface area contributed by atoms with Crippen LogP contribution in [0.15, 0.2) is 0 Å². The van der Waals surface area contributed by atoms with Crippen LogP contribution in [0.25, 0.3) is 0 Å². The fourth-order valence-electron chi connectivity index (χ4n) is 3.26. The van der Waals surface area contributed by atoms with E-state index < -0.39 is 0 Å². The van der Waals surface area contributed by atoms with E-state index in [0.29, 0.717) is 6.04 Å². The predicted molar refractivity (Wildman–Crippen MR) is 78.9 cm³/mol. The third-order valence-electron chi connectivity index (χ3n) is 3.63. The van der Waals surface area contributed by atoms with Gasteiger partial charge in [0.05, 0.1) is 0 Å². The first kappa shape index (κ1) is 15.9. The van der Waals surface area contributed by atoms with Crippen molar-refractivity contribution in [2.45, 2.75) is 57.7 Å². The standard InChI is InChI=1S/C14H32N4/c1-13(2)10-12(11-14(3,4)17-13)16-7-9-18(5)8-6-15/h12,16-17H,6-11,15H2,1-5H3. The summed E-state index contributed by atoms with van der Waals surface area (Å²) in [6.07, 6.45) is 2.38. The van der Waals surface area contributed by atoms with Crippen LogP contribution in [0.3, 0.4) is 0 Å². The number of nitrogens with one attached hydrogen (secondary N) is 2. The molecule has 0 amide bonds. The molecule has 0 unspecified atom stereocenters. The highest BCUT2D eigenvalue weighted by Crippen LogP contribution is 2.28. The van der Waals surface area contributed by atoms with Crippen molar-refractivity contribution in [3.8, 4) is 0 Å². The minimum absolute atomic E-state index is 0.225. The van der Waals surface area contributed by atoms with Gasteiger partial charge in [-0.3, -0.25) is 0 Å². The van der Waals surface area contributed by atoms with E-state index in [-0.39, 0.29) is 11.1 Å². The van der Waals surface area contributed by atoms with E-state index in [2.05, 4.69) is 50.3 Å². The smallest absolute Gasteiger partial charge is 0.0144 e. The highest BCUT2D eigenvalue weighted by atomic mass is 15.1. The molecule has 0 bridgehead atoms. The van der Waals surface area contributed by atoms with Gasteiger partial charge in [-0.05, 0) is 47.6 Å². The molecule has 1 rings (SSSR count). The Morgan fingerprint density at radius 2 is 1.72 bits per heavy atom. The van der Waals surface area contributed by atoms with Gasteiger partial charge < -0.3 is 21.3 Å². The zero-order valence-corrected chi connectivity index (χ0v) is 12.8. The SMILES string of the molecule is CN(CCN)CCNC1CC(C)(C)NC(C)(C)C1. The first-order chi connectivity index (χ1) is 8.24. The molecule has 1 saturated heterocycles. The highest BCUT2D eigenvalue weighted by molar-refractivity contribution is 4.99. The summed E-state index contributed by atoms with van der Waals surface area (Å²) in [5.74, 6) is 0. The number of nitrogens with zero attached hydrogens (tertiary/aromatic N) is 1. The quantitative estimate of drug-likeness (QED) is 0.657. The van der Waals surface area contributed by atoms with Gasteiger partial charge in [-0.2, -0.15) is 0 Å². The molecule has 0 radical (unpaired) electrons. The molecule has 18 heavy (non-hydrogen) atoms. The maximum Gasteiger partial charge on any atom is 0.0144 e. The molecule has 4 heteroatoms. The Kier molecular flexibility index (Phi) is 5.59. The number of hydrogen-bond acceptors (Lipinski definition) is 4. The zero-order valence-electron chi connectivity index (χ0n) is 12.8. The molecule has 0 saturated carbocycles. The van der Waals surface area contributed by atoms with E-state index in [9.17, 15) is 0 Å². The van der Waals surface area contributed by atoms with Gasteiger partial charge in [0.1, 0.15) is 0 Å². The maximum atomic E-state index is 5.54. The summed E-state index contributed by atoms with van der Waals surface area (Å²) < 4.78 is 0. The van der Waals surface area contributed by atoms with E-state index in [0.717, 1.165) is 26.2 Å². The van der Waals surface area contributed by atoms with Crippen LogP contribution in [0.4, 0.5) is 0 Å². The van der Waals surface area contributed by atoms with Crippen LogP contribution in [0.5, 0.6) is 0 Å². The lowest BCUT2D eigenvalue weighted by Crippen LogP contribution is -2.61. The molecule has 1 fully saturated rings. The summed E-state index contributed by atoms with van der Waals surface area (Å²) in [4.78, 5) is 2.28. The highest BCUT2D eigenvalue weighted by Gasteiger charge is 2.37. The average Bonchev–Trinajstić information content (AvgIpc) is 2.12. The summed E-state index contributed by atoms with van der Waals surface area (Å²) in [6, 6.07) is 0.613. The number of rotatable bonds is 6. The van der Waals surface area contributed by atoms with Crippen LogP contribution >= 0.6 is 0 Å². The van der Waals surface area contributed by atoms with E-state index >= 15 is 0 Å². The lowest BCUT2D eigenvalue weighted by Gasteiger charge is -2.46. The van der Waals surface area contributed by atoms with Crippen LogP contribution in [0.1, 0.15) is 40.5 Å². The Hall–Kier alpha value is -0.160. The first-order valence-corrected chi connectivity index (χ1v) is 7.15. The van der Waals surface area contributed by atoms with Crippen molar-refractivity contribution in [1.82, 2.24) is 15.5 Å². The summed E-state index contributed by atoms with van der Waals surface area (Å²) >= 11 is 0. The molecule has 0 aromatic carbocycles. The average molecular weight is 256 g/mol. The Morgan fingerprint density at radius 3 is 2.22 bits per heavy atom. The van der Waals surface area contributed by atoms with Crippen molar-refractivity contribution in [1.29, 1.82) is 0 Å². The molecule has 0 atom stereocenters. The van der Waals surface area contributed by atoms with Gasteiger partial charge in [-0.1, -0.05) is 0 Å². The van der Waals surface area contributed by atoms with Gasteiger partial charge in [0.2, 0.25) is 0 Å². The maximum absolute atomic E-state index is 5.54. The lowest BCUT2D eigenvalue weighted by molar-refractivity contribution is 0.144. The van der Waals surface area contributed by atoms with Gasteiger partial charge in [0.25, 0.3) is 0 Å². The van der Waals surface area contributed by atoms with Gasteiger partial charge in [0.15, 0.2) is 0 Å². The minimum Gasteiger partial charge on any atom is -0.329 e. The van der Waals surface area contributed by atoms with Gasteiger partial charge in [-0.25, -0.2) is 0 Å². The summed E-state index contributed by atoms with van der Waals surface area (Å²) in [6.45, 7) is 13.0. The molecule has 4 N–H and O–H groups in total. The monoisotopic (exact) mass is 256 g/mol. The van der Waals surface area contributed by atoms with E-state index in [1.807, 2.05) is 0 Å². The van der Waals surface area contributed by atoms with Crippen molar-refractivity contribution in [3.63, 3.8) is 0 Å². The molecule has 0 aromatic heterocycles. The molecule has 1 aliphatic heterocycles. The van der Waals surface area contributed by atoms with Crippen LogP contribution in [-0.2, 0) is 0 Å². The normalized spacial score (nSPS) is 23.5. The molecule has 1 heterocycles. The number of piperidine rings is 1. The second-order valence-electron chi connectivity index (χ2n) is 7.04. The molecular weight excluding hydrogens is 224 g/mol. The van der Waals surface area contributed by atoms with E-state index in [4.69, 9.17) is 5.73 Å². The van der Waals surface area contributed by atoms with E-state index in [1.165, 1.54) is 12.8 Å². The van der Waals surface area contributed by atoms with Crippen LogP contribution in [0, 0.1) is 0 Å². The third kappa shape index (κ3) is 5.65. The molecule has 0 aliphatic carbocycles. The van der Waals surface area contributed by atoms with Crippen molar-refractivity contribution in [2.75, 3.05) is 33.2 Å². The fraction of sp³-hybridized carbons (Fsp3) is 1.00. The molecule has 1 aliphatic rings. The van der Waals surface area contributed by atoms with Crippen molar-refractivity contribution < 1.29 is 0 Å². The lowest BCUT2D eigenvalue weighted by atomic mass is 9.79. The van der Waals surface area contributed by atoms with Crippen LogP contribution in [-0.4, -0.2) is 55.2 Å². The van der Waals surface area contributed by atoms with Crippen LogP contribution in [0.2, 0.25) is 0 Å². The minimum atomic E-state index is 0.225. The molecule has 4 nitrogen and oxygen atoms in total. The fourth-order valence-corrected chi connectivity index (χ4v) is 3.26.